The van der Waals surface area contributed by atoms with Gasteiger partial charge in [-0.2, -0.15) is 5.10 Å². The molecule has 2 heterocycles. The molecular weight excluding hydrogens is 392 g/mol. The van der Waals surface area contributed by atoms with E-state index in [1.165, 1.54) is 5.56 Å². The first kappa shape index (κ1) is 19.7. The van der Waals surface area contributed by atoms with E-state index >= 15 is 0 Å². The standard InChI is InChI=1S/C24H26N4O3/c1-13-4-8-18(9-5-13)28-15(3)19(11-25-28)14(2)26-20(29)12-27-23(30)21-16-6-7-17(10-16)22(21)24(27)31/h4-9,11,14,16-17,21-22H,10,12H2,1-3H3,(H,26,29)/t14-,16+,17+,21-,22+/m1/s1. The van der Waals surface area contributed by atoms with Crippen LogP contribution in [0.2, 0.25) is 0 Å². The normalized spacial score (nSPS) is 27.1. The van der Waals surface area contributed by atoms with Gasteiger partial charge < -0.3 is 5.32 Å². The summed E-state index contributed by atoms with van der Waals surface area (Å²) < 4.78 is 1.84. The van der Waals surface area contributed by atoms with E-state index < -0.39 is 0 Å². The molecule has 1 saturated carbocycles. The second-order valence-corrected chi connectivity index (χ2v) is 8.98. The molecule has 5 atom stereocenters. The summed E-state index contributed by atoms with van der Waals surface area (Å²) in [6.45, 7) is 5.66. The average Bonchev–Trinajstić information content (AvgIpc) is 3.49. The minimum Gasteiger partial charge on any atom is -0.348 e. The van der Waals surface area contributed by atoms with Crippen LogP contribution in [-0.2, 0) is 14.4 Å². The van der Waals surface area contributed by atoms with Crippen LogP contribution in [0.3, 0.4) is 0 Å². The van der Waals surface area contributed by atoms with Gasteiger partial charge >= 0.3 is 0 Å². The molecule has 0 unspecified atom stereocenters. The maximum absolute atomic E-state index is 12.8. The molecular formula is C24H26N4O3. The van der Waals surface area contributed by atoms with Crippen molar-refractivity contribution in [3.8, 4) is 5.69 Å². The van der Waals surface area contributed by atoms with Crippen LogP contribution < -0.4 is 5.32 Å². The number of allylic oxidation sites excluding steroid dienone is 2. The Morgan fingerprint density at radius 1 is 1.10 bits per heavy atom. The molecule has 0 spiro atoms. The molecule has 3 amide bonds. The number of fused-ring (bicyclic) bond motifs is 5. The largest absolute Gasteiger partial charge is 0.348 e. The Labute approximate surface area is 181 Å². The van der Waals surface area contributed by atoms with Crippen molar-refractivity contribution in [2.75, 3.05) is 6.54 Å². The maximum Gasteiger partial charge on any atom is 0.240 e. The fourth-order valence-electron chi connectivity index (χ4n) is 5.42. The van der Waals surface area contributed by atoms with Crippen LogP contribution >= 0.6 is 0 Å². The number of hydrogen-bond acceptors (Lipinski definition) is 4. The highest BCUT2D eigenvalue weighted by Crippen LogP contribution is 2.52. The van der Waals surface area contributed by atoms with E-state index in [9.17, 15) is 14.4 Å². The van der Waals surface area contributed by atoms with Crippen molar-refractivity contribution >= 4 is 17.7 Å². The Balaban J connectivity index is 1.26. The van der Waals surface area contributed by atoms with Gasteiger partial charge in [0.1, 0.15) is 6.54 Å². The summed E-state index contributed by atoms with van der Waals surface area (Å²) in [5.41, 5.74) is 3.96. The van der Waals surface area contributed by atoms with Gasteiger partial charge in [-0.05, 0) is 51.2 Å². The summed E-state index contributed by atoms with van der Waals surface area (Å²) in [5, 5.41) is 7.40. The van der Waals surface area contributed by atoms with Crippen molar-refractivity contribution in [3.63, 3.8) is 0 Å². The summed E-state index contributed by atoms with van der Waals surface area (Å²) >= 11 is 0. The Morgan fingerprint density at radius 2 is 1.71 bits per heavy atom. The van der Waals surface area contributed by atoms with Crippen molar-refractivity contribution in [3.05, 3.63) is 59.4 Å². The number of carbonyl (C=O) groups excluding carboxylic acids is 3. The number of nitrogens with zero attached hydrogens (tertiary/aromatic N) is 3. The van der Waals surface area contributed by atoms with Crippen LogP contribution in [0, 0.1) is 37.5 Å². The lowest BCUT2D eigenvalue weighted by atomic mass is 9.85. The van der Waals surface area contributed by atoms with Crippen LogP contribution in [0.4, 0.5) is 0 Å². The van der Waals surface area contributed by atoms with Gasteiger partial charge in [0.15, 0.2) is 0 Å². The molecule has 1 N–H and O–H groups in total. The van der Waals surface area contributed by atoms with Crippen molar-refractivity contribution in [1.29, 1.82) is 0 Å². The van der Waals surface area contributed by atoms with Crippen LogP contribution in [0.5, 0.6) is 0 Å². The van der Waals surface area contributed by atoms with Gasteiger partial charge in [-0.1, -0.05) is 29.8 Å². The summed E-state index contributed by atoms with van der Waals surface area (Å²) in [6, 6.07) is 7.78. The van der Waals surface area contributed by atoms with Crippen LogP contribution in [0.15, 0.2) is 42.6 Å². The number of amides is 3. The van der Waals surface area contributed by atoms with Gasteiger partial charge in [0.25, 0.3) is 0 Å². The maximum atomic E-state index is 12.8. The summed E-state index contributed by atoms with van der Waals surface area (Å²) in [6.07, 6.45) is 6.74. The second-order valence-electron chi connectivity index (χ2n) is 8.98. The van der Waals surface area contributed by atoms with E-state index in [4.69, 9.17) is 0 Å². The molecule has 2 fully saturated rings. The van der Waals surface area contributed by atoms with E-state index in [-0.39, 0.29) is 54.0 Å². The third kappa shape index (κ3) is 3.10. The zero-order chi connectivity index (χ0) is 21.9. The molecule has 7 heteroatoms. The van der Waals surface area contributed by atoms with Crippen molar-refractivity contribution in [2.24, 2.45) is 23.7 Å². The molecule has 1 saturated heterocycles. The first-order chi connectivity index (χ1) is 14.8. The highest BCUT2D eigenvalue weighted by molar-refractivity contribution is 6.08. The molecule has 3 aliphatic rings. The molecule has 2 aliphatic carbocycles. The number of rotatable bonds is 5. The quantitative estimate of drug-likeness (QED) is 0.597. The average molecular weight is 418 g/mol. The minimum atomic E-state index is -0.336. The van der Waals surface area contributed by atoms with Crippen molar-refractivity contribution in [2.45, 2.75) is 33.2 Å². The lowest BCUT2D eigenvalue weighted by Gasteiger charge is -2.19. The van der Waals surface area contributed by atoms with Gasteiger partial charge in [0.05, 0.1) is 29.8 Å². The molecule has 1 aliphatic heterocycles. The zero-order valence-corrected chi connectivity index (χ0v) is 17.9. The Kier molecular flexibility index (Phi) is 4.57. The third-order valence-electron chi connectivity index (χ3n) is 7.03. The molecule has 7 nitrogen and oxygen atoms in total. The first-order valence-corrected chi connectivity index (χ1v) is 10.8. The zero-order valence-electron chi connectivity index (χ0n) is 17.9. The smallest absolute Gasteiger partial charge is 0.240 e. The van der Waals surface area contributed by atoms with E-state index in [1.807, 2.05) is 49.7 Å². The highest BCUT2D eigenvalue weighted by Gasteiger charge is 2.59. The van der Waals surface area contributed by atoms with Crippen LogP contribution in [0.1, 0.15) is 36.2 Å². The highest BCUT2D eigenvalue weighted by atomic mass is 16.2. The van der Waals surface area contributed by atoms with Crippen molar-refractivity contribution < 1.29 is 14.4 Å². The SMILES string of the molecule is Cc1ccc(-n2ncc([C@@H](C)NC(=O)CN3C(=O)[C@@H]4[C@H](C3=O)[C@H]3C=C[C@H]4C3)c2C)cc1. The van der Waals surface area contributed by atoms with Crippen LogP contribution in [-0.4, -0.2) is 38.9 Å². The van der Waals surface area contributed by atoms with Gasteiger partial charge in [0, 0.05) is 11.3 Å². The number of hydrogen-bond donors (Lipinski definition) is 1. The molecule has 1 aromatic heterocycles. The number of nitrogens with one attached hydrogen (secondary N) is 1. The predicted molar refractivity (Wildman–Crippen MR) is 114 cm³/mol. The molecule has 2 aromatic rings. The number of aryl methyl sites for hydroxylation is 1. The van der Waals surface area contributed by atoms with E-state index in [0.717, 1.165) is 28.3 Å². The topological polar surface area (TPSA) is 84.3 Å². The summed E-state index contributed by atoms with van der Waals surface area (Å²) in [7, 11) is 0. The number of likely N-dealkylation sites (tertiary alicyclic amines) is 1. The molecule has 1 aromatic carbocycles. The van der Waals surface area contributed by atoms with Crippen LogP contribution in [0.25, 0.3) is 5.69 Å². The van der Waals surface area contributed by atoms with Crippen molar-refractivity contribution in [1.82, 2.24) is 20.0 Å². The molecule has 0 radical (unpaired) electrons. The Hall–Kier alpha value is -3.22. The fraction of sp³-hybridized carbons (Fsp3) is 0.417. The molecule has 160 valence electrons. The predicted octanol–water partition coefficient (Wildman–Crippen LogP) is 2.47. The van der Waals surface area contributed by atoms with Gasteiger partial charge in [-0.3, -0.25) is 19.3 Å². The van der Waals surface area contributed by atoms with E-state index in [1.54, 1.807) is 6.20 Å². The monoisotopic (exact) mass is 418 g/mol. The number of benzene rings is 1. The first-order valence-electron chi connectivity index (χ1n) is 10.8. The van der Waals surface area contributed by atoms with Gasteiger partial charge in [-0.25, -0.2) is 4.68 Å². The number of carbonyl (C=O) groups is 3. The van der Waals surface area contributed by atoms with E-state index in [2.05, 4.69) is 22.6 Å². The lowest BCUT2D eigenvalue weighted by molar-refractivity contribution is -0.144. The number of imide groups is 1. The minimum absolute atomic E-state index is 0.147. The summed E-state index contributed by atoms with van der Waals surface area (Å²) in [4.78, 5) is 39.4. The third-order valence-corrected chi connectivity index (χ3v) is 7.03. The number of aromatic nitrogens is 2. The lowest BCUT2D eigenvalue weighted by Crippen LogP contribution is -2.42. The van der Waals surface area contributed by atoms with E-state index in [0.29, 0.717) is 0 Å². The van der Waals surface area contributed by atoms with Gasteiger partial charge in [0.2, 0.25) is 17.7 Å². The second kappa shape index (κ2) is 7.18. The fourth-order valence-corrected chi connectivity index (χ4v) is 5.42. The van der Waals surface area contributed by atoms with Gasteiger partial charge in [-0.15, -0.1) is 0 Å². The summed E-state index contributed by atoms with van der Waals surface area (Å²) in [5.74, 6) is -0.985. The Morgan fingerprint density at radius 3 is 2.32 bits per heavy atom. The Bertz CT molecular complexity index is 1070. The molecule has 5 rings (SSSR count). The molecule has 2 bridgehead atoms. The molecule has 31 heavy (non-hydrogen) atoms.